The van der Waals surface area contributed by atoms with E-state index >= 15 is 0 Å². The number of nitro benzene ring substituents is 1. The van der Waals surface area contributed by atoms with Crippen LogP contribution >= 0.6 is 22.9 Å². The fraction of sp³-hybridized carbons (Fsp3) is 0.111. The molecule has 2 unspecified atom stereocenters. The van der Waals surface area contributed by atoms with Crippen LogP contribution in [0.25, 0.3) is 0 Å². The predicted octanol–water partition coefficient (Wildman–Crippen LogP) is 5.00. The highest BCUT2D eigenvalue weighted by Gasteiger charge is 2.53. The summed E-state index contributed by atoms with van der Waals surface area (Å²) in [6.07, 6.45) is 1.05. The van der Waals surface area contributed by atoms with Crippen molar-refractivity contribution >= 4 is 61.1 Å². The Labute approximate surface area is 236 Å². The summed E-state index contributed by atoms with van der Waals surface area (Å²) >= 11 is 6.60. The van der Waals surface area contributed by atoms with Gasteiger partial charge in [-0.25, -0.2) is 13.4 Å². The van der Waals surface area contributed by atoms with E-state index < -0.39 is 44.2 Å². The lowest BCUT2D eigenvalue weighted by atomic mass is 9.86. The molecule has 0 saturated carbocycles. The second kappa shape index (κ2) is 10.4. The van der Waals surface area contributed by atoms with Crippen LogP contribution in [-0.4, -0.2) is 35.8 Å². The standard InChI is InChI=1S/C27H18ClN3O7S2/c1-15-2-4-16(5-3-15)23-22(24(32)17-6-8-18(28)9-7-17)25(33)26(34)30(23)27-29-14-21(39-27)40(37,38)20-12-10-19(11-13-20)31(35)36/h2-14,22-23H,1H3. The first-order valence-corrected chi connectivity index (χ1v) is 14.4. The van der Waals surface area contributed by atoms with Crippen molar-refractivity contribution in [2.24, 2.45) is 5.92 Å². The van der Waals surface area contributed by atoms with Crippen LogP contribution in [0.2, 0.25) is 5.02 Å². The highest BCUT2D eigenvalue weighted by atomic mass is 35.5. The number of nitrogens with zero attached hydrogens (tertiary/aromatic N) is 3. The number of non-ortho nitro benzene ring substituents is 1. The van der Waals surface area contributed by atoms with Crippen molar-refractivity contribution in [3.8, 4) is 0 Å². The average molecular weight is 596 g/mol. The van der Waals surface area contributed by atoms with Crippen LogP contribution < -0.4 is 4.90 Å². The first-order valence-electron chi connectivity index (χ1n) is 11.7. The maximum atomic E-state index is 13.6. The molecule has 0 bridgehead atoms. The lowest BCUT2D eigenvalue weighted by Gasteiger charge is -2.25. The third-order valence-corrected chi connectivity index (χ3v) is 9.92. The Morgan fingerprint density at radius 2 is 1.62 bits per heavy atom. The first kappa shape index (κ1) is 27.3. The van der Waals surface area contributed by atoms with Crippen LogP contribution in [0.15, 0.2) is 88.1 Å². The number of Topliss-reactive ketones (excluding diaryl/α,β-unsaturated/α-hetero) is 2. The van der Waals surface area contributed by atoms with Gasteiger partial charge in [0.2, 0.25) is 15.6 Å². The average Bonchev–Trinajstić information content (AvgIpc) is 3.53. The van der Waals surface area contributed by atoms with Crippen LogP contribution in [0.5, 0.6) is 0 Å². The molecule has 1 fully saturated rings. The number of carbonyl (C=O) groups is 3. The van der Waals surface area contributed by atoms with Crippen LogP contribution in [-0.2, 0) is 19.4 Å². The fourth-order valence-electron chi connectivity index (χ4n) is 4.39. The highest BCUT2D eigenvalue weighted by molar-refractivity contribution is 7.93. The van der Waals surface area contributed by atoms with Crippen molar-refractivity contribution in [2.75, 3.05) is 4.90 Å². The Hall–Kier alpha value is -4.26. The van der Waals surface area contributed by atoms with Crippen molar-refractivity contribution < 1.29 is 27.7 Å². The number of hydrogen-bond donors (Lipinski definition) is 0. The van der Waals surface area contributed by atoms with E-state index in [0.717, 1.165) is 40.9 Å². The summed E-state index contributed by atoms with van der Waals surface area (Å²) in [6, 6.07) is 16.2. The van der Waals surface area contributed by atoms with E-state index in [2.05, 4.69) is 4.98 Å². The molecule has 2 atom stereocenters. The van der Waals surface area contributed by atoms with Crippen molar-refractivity contribution in [3.63, 3.8) is 0 Å². The molecule has 0 spiro atoms. The van der Waals surface area contributed by atoms with Gasteiger partial charge in [0.15, 0.2) is 10.9 Å². The molecular formula is C27H18ClN3O7S2. The molecule has 1 amide bonds. The van der Waals surface area contributed by atoms with Gasteiger partial charge in [-0.1, -0.05) is 52.8 Å². The van der Waals surface area contributed by atoms with Gasteiger partial charge in [0.25, 0.3) is 11.6 Å². The summed E-state index contributed by atoms with van der Waals surface area (Å²) in [5.74, 6) is -3.93. The molecule has 2 heterocycles. The molecule has 4 aromatic rings. The van der Waals surface area contributed by atoms with E-state index in [4.69, 9.17) is 11.6 Å². The number of rotatable bonds is 7. The van der Waals surface area contributed by atoms with Crippen LogP contribution in [0.4, 0.5) is 10.8 Å². The zero-order chi connectivity index (χ0) is 28.8. The van der Waals surface area contributed by atoms with Gasteiger partial charge in [-0.05, 0) is 48.9 Å². The van der Waals surface area contributed by atoms with Gasteiger partial charge in [0.05, 0.1) is 22.1 Å². The van der Waals surface area contributed by atoms with Crippen molar-refractivity contribution in [1.82, 2.24) is 4.98 Å². The molecule has 0 N–H and O–H groups in total. The van der Waals surface area contributed by atoms with Crippen LogP contribution in [0.1, 0.15) is 27.5 Å². The number of aromatic nitrogens is 1. The molecular weight excluding hydrogens is 578 g/mol. The van der Waals surface area contributed by atoms with Crippen molar-refractivity contribution in [1.29, 1.82) is 0 Å². The number of benzene rings is 3. The maximum absolute atomic E-state index is 13.6. The number of amides is 1. The third kappa shape index (κ3) is 4.81. The highest BCUT2D eigenvalue weighted by Crippen LogP contribution is 2.43. The number of ketones is 2. The normalized spacial score (nSPS) is 17.3. The summed E-state index contributed by atoms with van der Waals surface area (Å²) in [5.41, 5.74) is 1.32. The van der Waals surface area contributed by atoms with E-state index in [1.54, 1.807) is 24.3 Å². The molecule has 0 aliphatic carbocycles. The Kier molecular flexibility index (Phi) is 7.08. The quantitative estimate of drug-likeness (QED) is 0.0954. The molecule has 1 saturated heterocycles. The number of hydrogen-bond acceptors (Lipinski definition) is 9. The lowest BCUT2D eigenvalue weighted by Crippen LogP contribution is -2.30. The Bertz CT molecular complexity index is 1770. The number of halogens is 1. The van der Waals surface area contributed by atoms with Gasteiger partial charge >= 0.3 is 0 Å². The number of carbonyl (C=O) groups excluding carboxylic acids is 3. The third-order valence-electron chi connectivity index (χ3n) is 6.44. The molecule has 0 radical (unpaired) electrons. The minimum absolute atomic E-state index is 0.0872. The number of aryl methyl sites for hydroxylation is 1. The molecule has 1 aromatic heterocycles. The van der Waals surface area contributed by atoms with Crippen molar-refractivity contribution in [2.45, 2.75) is 22.1 Å². The Balaban J connectivity index is 1.57. The minimum Gasteiger partial charge on any atom is -0.293 e. The number of anilines is 1. The fourth-order valence-corrected chi connectivity index (χ4v) is 7.07. The van der Waals surface area contributed by atoms with E-state index in [9.17, 15) is 32.9 Å². The molecule has 10 nitrogen and oxygen atoms in total. The topological polar surface area (TPSA) is 145 Å². The summed E-state index contributed by atoms with van der Waals surface area (Å²) in [4.78, 5) is 55.5. The van der Waals surface area contributed by atoms with Gasteiger partial charge in [0, 0.05) is 22.7 Å². The van der Waals surface area contributed by atoms with Gasteiger partial charge in [-0.2, -0.15) is 0 Å². The molecule has 1 aliphatic rings. The maximum Gasteiger partial charge on any atom is 0.297 e. The van der Waals surface area contributed by atoms with Gasteiger partial charge in [0.1, 0.15) is 10.1 Å². The Morgan fingerprint density at radius 1 is 1.00 bits per heavy atom. The molecule has 13 heteroatoms. The second-order valence-electron chi connectivity index (χ2n) is 8.96. The largest absolute Gasteiger partial charge is 0.297 e. The summed E-state index contributed by atoms with van der Waals surface area (Å²) in [6.45, 7) is 1.86. The molecule has 40 heavy (non-hydrogen) atoms. The van der Waals surface area contributed by atoms with E-state index in [0.29, 0.717) is 21.9 Å². The van der Waals surface area contributed by atoms with E-state index in [-0.39, 0.29) is 25.5 Å². The van der Waals surface area contributed by atoms with Gasteiger partial charge in [-0.15, -0.1) is 0 Å². The number of nitro groups is 1. The predicted molar refractivity (Wildman–Crippen MR) is 146 cm³/mol. The molecule has 3 aromatic carbocycles. The second-order valence-corrected chi connectivity index (χ2v) is 12.6. The summed E-state index contributed by atoms with van der Waals surface area (Å²) in [5, 5.41) is 11.2. The lowest BCUT2D eigenvalue weighted by molar-refractivity contribution is -0.384. The SMILES string of the molecule is Cc1ccc(C2C(C(=O)c3ccc(Cl)cc3)C(=O)C(=O)N2c2ncc(S(=O)(=O)c3ccc([N+](=O)[O-])cc3)s2)cc1. The zero-order valence-electron chi connectivity index (χ0n) is 20.6. The van der Waals surface area contributed by atoms with E-state index in [1.807, 2.05) is 6.92 Å². The monoisotopic (exact) mass is 595 g/mol. The summed E-state index contributed by atoms with van der Waals surface area (Å²) in [7, 11) is -4.15. The van der Waals surface area contributed by atoms with Crippen molar-refractivity contribution in [3.05, 3.63) is 111 Å². The Morgan fingerprint density at radius 3 is 2.23 bits per heavy atom. The first-order chi connectivity index (χ1) is 19.0. The zero-order valence-corrected chi connectivity index (χ0v) is 22.9. The number of thiazole rings is 1. The summed E-state index contributed by atoms with van der Waals surface area (Å²) < 4.78 is 26.2. The van der Waals surface area contributed by atoms with Gasteiger partial charge < -0.3 is 0 Å². The van der Waals surface area contributed by atoms with Gasteiger partial charge in [-0.3, -0.25) is 29.4 Å². The van der Waals surface area contributed by atoms with E-state index in [1.165, 1.54) is 24.3 Å². The molecule has 5 rings (SSSR count). The molecule has 1 aliphatic heterocycles. The smallest absolute Gasteiger partial charge is 0.293 e. The van der Waals surface area contributed by atoms with Crippen LogP contribution in [0, 0.1) is 23.0 Å². The van der Waals surface area contributed by atoms with Crippen LogP contribution in [0.3, 0.4) is 0 Å². The number of sulfone groups is 1. The minimum atomic E-state index is -4.15. The molecule has 202 valence electrons.